The van der Waals surface area contributed by atoms with Crippen LogP contribution in [0.3, 0.4) is 0 Å². The predicted molar refractivity (Wildman–Crippen MR) is 174 cm³/mol. The van der Waals surface area contributed by atoms with Crippen LogP contribution < -0.4 is 14.9 Å². The number of nitrogens with zero attached hydrogens (tertiary/aromatic N) is 2. The summed E-state index contributed by atoms with van der Waals surface area (Å²) in [6, 6.07) is 25.3. The van der Waals surface area contributed by atoms with Crippen molar-refractivity contribution in [1.29, 1.82) is 0 Å². The monoisotopic (exact) mass is 666 g/mol. The Bertz CT molecular complexity index is 2000. The van der Waals surface area contributed by atoms with Crippen LogP contribution in [-0.4, -0.2) is 38.0 Å². The third-order valence-corrected chi connectivity index (χ3v) is 9.55. The Hall–Kier alpha value is -4.02. The molecule has 0 spiro atoms. The minimum absolute atomic E-state index is 0.0692. The molecule has 6 rings (SSSR count). The molecule has 1 aromatic heterocycles. The van der Waals surface area contributed by atoms with Gasteiger partial charge < -0.3 is 14.8 Å². The number of amides is 3. The van der Waals surface area contributed by atoms with Gasteiger partial charge in [0.15, 0.2) is 0 Å². The standard InChI is InChI=1S/C32H25Cl3N4O4S/c33-21-8-12-25(13-9-21)44(42,43)37-32(41)36-16-14-20-6-10-24(11-7-20)39-28-19-22(34)18-27(35)29(28)26-15-17-38(31(40)30(26)39)23-4-2-1-3-5-23/h1-13,18-19H,14-17H2,(H2,36,37,41). The van der Waals surface area contributed by atoms with E-state index in [1.807, 2.05) is 70.0 Å². The molecular formula is C32H25Cl3N4O4S. The van der Waals surface area contributed by atoms with E-state index in [-0.39, 0.29) is 17.3 Å². The summed E-state index contributed by atoms with van der Waals surface area (Å²) in [5.41, 5.74) is 4.62. The summed E-state index contributed by atoms with van der Waals surface area (Å²) in [7, 11) is -4.03. The second kappa shape index (κ2) is 12.2. The lowest BCUT2D eigenvalue weighted by Crippen LogP contribution is -2.40. The zero-order valence-corrected chi connectivity index (χ0v) is 26.1. The summed E-state index contributed by atoms with van der Waals surface area (Å²) < 4.78 is 28.8. The highest BCUT2D eigenvalue weighted by Crippen LogP contribution is 2.40. The molecule has 0 unspecified atom stereocenters. The lowest BCUT2D eigenvalue weighted by Gasteiger charge is -2.28. The molecule has 0 atom stereocenters. The van der Waals surface area contributed by atoms with E-state index < -0.39 is 16.1 Å². The number of rotatable bonds is 7. The Balaban J connectivity index is 1.22. The smallest absolute Gasteiger partial charge is 0.328 e. The number of hydrogen-bond donors (Lipinski definition) is 2. The number of fused-ring (bicyclic) bond motifs is 3. The van der Waals surface area contributed by atoms with Gasteiger partial charge in [0.2, 0.25) is 0 Å². The van der Waals surface area contributed by atoms with Crippen LogP contribution in [0.4, 0.5) is 10.5 Å². The summed E-state index contributed by atoms with van der Waals surface area (Å²) in [6.45, 7) is 0.716. The Morgan fingerprint density at radius 1 is 0.841 bits per heavy atom. The molecule has 4 aromatic carbocycles. The number of halogens is 3. The topological polar surface area (TPSA) is 101 Å². The quantitative estimate of drug-likeness (QED) is 0.195. The molecule has 1 aliphatic rings. The normalized spacial score (nSPS) is 13.2. The first-order valence-corrected chi connectivity index (χ1v) is 16.3. The van der Waals surface area contributed by atoms with Crippen molar-refractivity contribution in [3.05, 3.63) is 123 Å². The van der Waals surface area contributed by atoms with E-state index in [9.17, 15) is 18.0 Å². The Labute approximate surface area is 269 Å². The number of carbonyl (C=O) groups excluding carboxylic acids is 2. The van der Waals surface area contributed by atoms with Gasteiger partial charge in [0, 0.05) is 39.9 Å². The van der Waals surface area contributed by atoms with Crippen molar-refractivity contribution < 1.29 is 18.0 Å². The number of sulfonamides is 1. The summed E-state index contributed by atoms with van der Waals surface area (Å²) >= 11 is 18.9. The molecule has 1 aliphatic heterocycles. The molecule has 224 valence electrons. The van der Waals surface area contributed by atoms with Crippen molar-refractivity contribution in [2.24, 2.45) is 0 Å². The molecule has 0 saturated carbocycles. The summed E-state index contributed by atoms with van der Waals surface area (Å²) in [5.74, 6) is -0.131. The molecule has 0 bridgehead atoms. The zero-order chi connectivity index (χ0) is 31.0. The number of anilines is 1. The van der Waals surface area contributed by atoms with Crippen LogP contribution in [-0.2, 0) is 22.9 Å². The van der Waals surface area contributed by atoms with E-state index >= 15 is 0 Å². The average Bonchev–Trinajstić information content (AvgIpc) is 3.33. The highest BCUT2D eigenvalue weighted by atomic mass is 35.5. The van der Waals surface area contributed by atoms with E-state index in [2.05, 4.69) is 5.32 Å². The van der Waals surface area contributed by atoms with Crippen LogP contribution in [0.1, 0.15) is 21.6 Å². The molecule has 0 aliphatic carbocycles. The van der Waals surface area contributed by atoms with Crippen LogP contribution in [0.25, 0.3) is 16.6 Å². The summed E-state index contributed by atoms with van der Waals surface area (Å²) in [4.78, 5) is 28.0. The molecule has 0 saturated heterocycles. The van der Waals surface area contributed by atoms with Crippen molar-refractivity contribution in [1.82, 2.24) is 14.6 Å². The maximum absolute atomic E-state index is 14.0. The molecule has 12 heteroatoms. The lowest BCUT2D eigenvalue weighted by atomic mass is 10.0. The lowest BCUT2D eigenvalue weighted by molar-refractivity contribution is 0.0974. The number of carbonyl (C=O) groups is 2. The van der Waals surface area contributed by atoms with E-state index in [1.54, 1.807) is 11.0 Å². The van der Waals surface area contributed by atoms with Gasteiger partial charge in [-0.1, -0.05) is 65.1 Å². The third kappa shape index (κ3) is 5.88. The first-order chi connectivity index (χ1) is 21.1. The highest BCUT2D eigenvalue weighted by Gasteiger charge is 2.33. The minimum atomic E-state index is -4.03. The molecule has 8 nitrogen and oxygen atoms in total. The van der Waals surface area contributed by atoms with Crippen LogP contribution in [0.2, 0.25) is 15.1 Å². The van der Waals surface area contributed by atoms with E-state index in [0.717, 1.165) is 33.4 Å². The number of urea groups is 1. The van der Waals surface area contributed by atoms with Crippen molar-refractivity contribution in [2.45, 2.75) is 17.7 Å². The number of para-hydroxylation sites is 1. The number of nitrogens with one attached hydrogen (secondary N) is 2. The highest BCUT2D eigenvalue weighted by molar-refractivity contribution is 7.90. The van der Waals surface area contributed by atoms with Gasteiger partial charge in [-0.05, 0) is 84.6 Å². The predicted octanol–water partition coefficient (Wildman–Crippen LogP) is 7.02. The van der Waals surface area contributed by atoms with Crippen molar-refractivity contribution in [3.63, 3.8) is 0 Å². The molecule has 2 N–H and O–H groups in total. The maximum atomic E-state index is 14.0. The Kier molecular flexibility index (Phi) is 8.30. The van der Waals surface area contributed by atoms with Gasteiger partial charge in [-0.15, -0.1) is 0 Å². The maximum Gasteiger partial charge on any atom is 0.328 e. The number of benzene rings is 4. The first kappa shape index (κ1) is 30.0. The van der Waals surface area contributed by atoms with E-state index in [0.29, 0.717) is 40.1 Å². The summed E-state index contributed by atoms with van der Waals surface area (Å²) in [6.07, 6.45) is 1.07. The molecule has 0 radical (unpaired) electrons. The SMILES string of the molecule is O=C(NCCc1ccc(-n2c3c(c4c(Cl)cc(Cl)cc42)CCN(c2ccccc2)C3=O)cc1)NS(=O)(=O)c1ccc(Cl)cc1. The molecule has 3 amide bonds. The molecule has 2 heterocycles. The number of hydrogen-bond acceptors (Lipinski definition) is 4. The Morgan fingerprint density at radius 2 is 1.55 bits per heavy atom. The number of aromatic nitrogens is 1. The van der Waals surface area contributed by atoms with Gasteiger partial charge in [0.25, 0.3) is 15.9 Å². The second-order valence-electron chi connectivity index (χ2n) is 10.2. The zero-order valence-electron chi connectivity index (χ0n) is 23.1. The fourth-order valence-electron chi connectivity index (χ4n) is 5.42. The van der Waals surface area contributed by atoms with Crippen LogP contribution >= 0.6 is 34.8 Å². The molecule has 5 aromatic rings. The molecular weight excluding hydrogens is 643 g/mol. The fourth-order valence-corrected chi connectivity index (χ4v) is 7.07. The third-order valence-electron chi connectivity index (χ3n) is 7.43. The van der Waals surface area contributed by atoms with Gasteiger partial charge in [-0.25, -0.2) is 17.9 Å². The van der Waals surface area contributed by atoms with Gasteiger partial charge in [0.05, 0.1) is 15.4 Å². The summed E-state index contributed by atoms with van der Waals surface area (Å²) in [5, 5.41) is 4.72. The van der Waals surface area contributed by atoms with Crippen LogP contribution in [0, 0.1) is 0 Å². The minimum Gasteiger partial charge on any atom is -0.337 e. The van der Waals surface area contributed by atoms with Crippen molar-refractivity contribution in [2.75, 3.05) is 18.0 Å². The Morgan fingerprint density at radius 3 is 2.25 bits per heavy atom. The van der Waals surface area contributed by atoms with Crippen LogP contribution in [0.5, 0.6) is 0 Å². The van der Waals surface area contributed by atoms with Gasteiger partial charge in [-0.2, -0.15) is 0 Å². The average molecular weight is 668 g/mol. The van der Waals surface area contributed by atoms with Gasteiger partial charge >= 0.3 is 6.03 Å². The van der Waals surface area contributed by atoms with Crippen molar-refractivity contribution in [3.8, 4) is 5.69 Å². The fraction of sp³-hybridized carbons (Fsp3) is 0.125. The first-order valence-electron chi connectivity index (χ1n) is 13.7. The second-order valence-corrected chi connectivity index (χ2v) is 13.2. The molecule has 44 heavy (non-hydrogen) atoms. The van der Waals surface area contributed by atoms with Gasteiger partial charge in [-0.3, -0.25) is 4.79 Å². The largest absolute Gasteiger partial charge is 0.337 e. The van der Waals surface area contributed by atoms with Crippen LogP contribution in [0.15, 0.2) is 95.9 Å². The van der Waals surface area contributed by atoms with Gasteiger partial charge in [0.1, 0.15) is 5.69 Å². The van der Waals surface area contributed by atoms with E-state index in [1.165, 1.54) is 24.3 Å². The molecule has 0 fully saturated rings. The van der Waals surface area contributed by atoms with Crippen molar-refractivity contribution >= 4 is 73.4 Å². The van der Waals surface area contributed by atoms with E-state index in [4.69, 9.17) is 34.8 Å².